The zero-order valence-electron chi connectivity index (χ0n) is 9.71. The minimum absolute atomic E-state index is 0.232. The van der Waals surface area contributed by atoms with Gasteiger partial charge in [-0.2, -0.15) is 13.2 Å². The number of hydrogen-bond acceptors (Lipinski definition) is 2. The van der Waals surface area contributed by atoms with Crippen LogP contribution in [-0.4, -0.2) is 37.0 Å². The second-order valence-corrected chi connectivity index (χ2v) is 4.03. The molecule has 2 nitrogen and oxygen atoms in total. The number of nitrogens with zero attached hydrogens (tertiary/aromatic N) is 1. The van der Waals surface area contributed by atoms with Crippen molar-refractivity contribution in [2.45, 2.75) is 13.1 Å². The van der Waals surface area contributed by atoms with Crippen molar-refractivity contribution in [1.82, 2.24) is 4.90 Å². The molecule has 0 aliphatic heterocycles. The van der Waals surface area contributed by atoms with Gasteiger partial charge in [0.2, 0.25) is 0 Å². The largest absolute Gasteiger partial charge is 0.401 e. The van der Waals surface area contributed by atoms with Crippen LogP contribution < -0.4 is 0 Å². The van der Waals surface area contributed by atoms with Gasteiger partial charge in [0.15, 0.2) is 5.78 Å². The van der Waals surface area contributed by atoms with Crippen LogP contribution in [0.5, 0.6) is 0 Å². The minimum atomic E-state index is -4.28. The molecule has 0 aliphatic carbocycles. The summed E-state index contributed by atoms with van der Waals surface area (Å²) in [6, 6.07) is 6.87. The Bertz CT molecular complexity index is 401. The van der Waals surface area contributed by atoms with Crippen LogP contribution in [0.15, 0.2) is 24.3 Å². The summed E-state index contributed by atoms with van der Waals surface area (Å²) in [6.45, 7) is 0.450. The number of halogens is 3. The van der Waals surface area contributed by atoms with Crippen LogP contribution in [0.2, 0.25) is 0 Å². The van der Waals surface area contributed by atoms with E-state index in [0.29, 0.717) is 5.56 Å². The lowest BCUT2D eigenvalue weighted by Gasteiger charge is -2.18. The van der Waals surface area contributed by atoms with Crippen molar-refractivity contribution in [2.75, 3.05) is 20.1 Å². The maximum absolute atomic E-state index is 12.1. The summed E-state index contributed by atoms with van der Waals surface area (Å²) >= 11 is 0. The first-order valence-electron chi connectivity index (χ1n) is 5.14. The van der Waals surface area contributed by atoms with Crippen LogP contribution in [0, 0.1) is 6.92 Å². The normalized spacial score (nSPS) is 11.9. The molecule has 0 fully saturated rings. The molecule has 1 aromatic rings. The summed E-state index contributed by atoms with van der Waals surface area (Å²) in [5.74, 6) is -0.296. The quantitative estimate of drug-likeness (QED) is 0.760. The first-order chi connectivity index (χ1) is 7.79. The molecule has 0 bridgehead atoms. The van der Waals surface area contributed by atoms with E-state index in [0.717, 1.165) is 10.5 Å². The molecule has 1 rings (SSSR count). The van der Waals surface area contributed by atoms with E-state index in [9.17, 15) is 18.0 Å². The fourth-order valence-electron chi connectivity index (χ4n) is 1.58. The molecule has 0 saturated carbocycles. The zero-order valence-corrected chi connectivity index (χ0v) is 9.71. The third kappa shape index (κ3) is 4.56. The Balaban J connectivity index is 2.64. The Labute approximate surface area is 98.0 Å². The Morgan fingerprint density at radius 3 is 2.41 bits per heavy atom. The number of benzene rings is 1. The molecule has 0 heterocycles. The van der Waals surface area contributed by atoms with Crippen molar-refractivity contribution < 1.29 is 18.0 Å². The summed E-state index contributed by atoms with van der Waals surface area (Å²) in [6.07, 6.45) is -4.28. The fourth-order valence-corrected chi connectivity index (χ4v) is 1.58. The molecule has 0 amide bonds. The van der Waals surface area contributed by atoms with Gasteiger partial charge in [-0.05, 0) is 19.5 Å². The Kier molecular flexibility index (Phi) is 4.28. The molecule has 0 N–H and O–H groups in total. The number of hydrogen-bond donors (Lipinski definition) is 0. The Morgan fingerprint density at radius 1 is 1.29 bits per heavy atom. The number of ketones is 1. The molecule has 0 atom stereocenters. The lowest BCUT2D eigenvalue weighted by molar-refractivity contribution is -0.141. The average Bonchev–Trinajstić information content (AvgIpc) is 2.14. The number of aryl methyl sites for hydroxylation is 1. The molecule has 5 heteroatoms. The van der Waals surface area contributed by atoms with Crippen molar-refractivity contribution in [2.24, 2.45) is 0 Å². The Hall–Kier alpha value is -1.36. The highest BCUT2D eigenvalue weighted by atomic mass is 19.4. The van der Waals surface area contributed by atoms with E-state index in [1.807, 2.05) is 0 Å². The summed E-state index contributed by atoms with van der Waals surface area (Å²) in [4.78, 5) is 12.7. The molecule has 0 radical (unpaired) electrons. The molecular weight excluding hydrogens is 231 g/mol. The predicted octanol–water partition coefficient (Wildman–Crippen LogP) is 2.67. The van der Waals surface area contributed by atoms with Gasteiger partial charge in [-0.25, -0.2) is 0 Å². The second kappa shape index (κ2) is 5.31. The number of Topliss-reactive ketones (excluding diaryl/α,β-unsaturated/α-hetero) is 1. The molecule has 0 unspecified atom stereocenters. The van der Waals surface area contributed by atoms with Crippen LogP contribution in [0.4, 0.5) is 13.2 Å². The monoisotopic (exact) mass is 245 g/mol. The van der Waals surface area contributed by atoms with Crippen LogP contribution in [0.25, 0.3) is 0 Å². The van der Waals surface area contributed by atoms with E-state index < -0.39 is 12.7 Å². The van der Waals surface area contributed by atoms with Gasteiger partial charge in [0.05, 0.1) is 13.1 Å². The first-order valence-corrected chi connectivity index (χ1v) is 5.14. The molecular formula is C12H14F3NO. The van der Waals surface area contributed by atoms with E-state index in [-0.39, 0.29) is 12.3 Å². The van der Waals surface area contributed by atoms with E-state index in [4.69, 9.17) is 0 Å². The smallest absolute Gasteiger partial charge is 0.293 e. The fraction of sp³-hybridized carbons (Fsp3) is 0.417. The molecule has 0 spiro atoms. The van der Waals surface area contributed by atoms with E-state index in [1.54, 1.807) is 31.2 Å². The highest BCUT2D eigenvalue weighted by Crippen LogP contribution is 2.16. The van der Waals surface area contributed by atoms with Crippen LogP contribution in [-0.2, 0) is 0 Å². The molecule has 0 aliphatic rings. The SMILES string of the molecule is Cc1ccccc1C(=O)CN(C)CC(F)(F)F. The van der Waals surface area contributed by atoms with Crippen molar-refractivity contribution in [3.8, 4) is 0 Å². The van der Waals surface area contributed by atoms with Gasteiger partial charge in [0.1, 0.15) is 0 Å². The lowest BCUT2D eigenvalue weighted by Crippen LogP contribution is -2.35. The average molecular weight is 245 g/mol. The van der Waals surface area contributed by atoms with Crippen LogP contribution >= 0.6 is 0 Å². The number of likely N-dealkylation sites (N-methyl/N-ethyl adjacent to an activating group) is 1. The molecule has 0 aromatic heterocycles. The third-order valence-electron chi connectivity index (χ3n) is 2.31. The third-order valence-corrected chi connectivity index (χ3v) is 2.31. The van der Waals surface area contributed by atoms with Crippen LogP contribution in [0.1, 0.15) is 15.9 Å². The number of carbonyl (C=O) groups is 1. The zero-order chi connectivity index (χ0) is 13.1. The molecule has 0 saturated heterocycles. The highest BCUT2D eigenvalue weighted by molar-refractivity contribution is 5.98. The summed E-state index contributed by atoms with van der Waals surface area (Å²) in [5.41, 5.74) is 1.25. The highest BCUT2D eigenvalue weighted by Gasteiger charge is 2.29. The maximum Gasteiger partial charge on any atom is 0.401 e. The van der Waals surface area contributed by atoms with Gasteiger partial charge in [-0.3, -0.25) is 9.69 Å². The maximum atomic E-state index is 12.1. The molecule has 94 valence electrons. The van der Waals surface area contributed by atoms with Crippen molar-refractivity contribution >= 4 is 5.78 Å². The topological polar surface area (TPSA) is 20.3 Å². The minimum Gasteiger partial charge on any atom is -0.293 e. The second-order valence-electron chi connectivity index (χ2n) is 4.03. The van der Waals surface area contributed by atoms with E-state index in [1.165, 1.54) is 7.05 Å². The Morgan fingerprint density at radius 2 is 1.88 bits per heavy atom. The number of alkyl halides is 3. The van der Waals surface area contributed by atoms with E-state index in [2.05, 4.69) is 0 Å². The first kappa shape index (κ1) is 13.7. The van der Waals surface area contributed by atoms with E-state index >= 15 is 0 Å². The molecule has 1 aromatic carbocycles. The number of carbonyl (C=O) groups excluding carboxylic acids is 1. The molecule has 17 heavy (non-hydrogen) atoms. The van der Waals surface area contributed by atoms with Gasteiger partial charge < -0.3 is 0 Å². The van der Waals surface area contributed by atoms with Crippen molar-refractivity contribution in [1.29, 1.82) is 0 Å². The summed E-state index contributed by atoms with van der Waals surface area (Å²) in [7, 11) is 1.28. The predicted molar refractivity (Wildman–Crippen MR) is 59.1 cm³/mol. The van der Waals surface area contributed by atoms with Gasteiger partial charge in [-0.1, -0.05) is 24.3 Å². The van der Waals surface area contributed by atoms with Gasteiger partial charge >= 0.3 is 6.18 Å². The van der Waals surface area contributed by atoms with Crippen molar-refractivity contribution in [3.63, 3.8) is 0 Å². The number of rotatable bonds is 4. The summed E-state index contributed by atoms with van der Waals surface area (Å²) < 4.78 is 36.3. The lowest BCUT2D eigenvalue weighted by atomic mass is 10.0. The van der Waals surface area contributed by atoms with Crippen molar-refractivity contribution in [3.05, 3.63) is 35.4 Å². The van der Waals surface area contributed by atoms with Gasteiger partial charge in [-0.15, -0.1) is 0 Å². The van der Waals surface area contributed by atoms with Gasteiger partial charge in [0, 0.05) is 5.56 Å². The standard InChI is InChI=1S/C12H14F3NO/c1-9-5-3-4-6-10(9)11(17)7-16(2)8-12(13,14)15/h3-6H,7-8H2,1-2H3. The van der Waals surface area contributed by atoms with Gasteiger partial charge in [0.25, 0.3) is 0 Å². The summed E-state index contributed by atoms with van der Waals surface area (Å²) in [5, 5.41) is 0. The van der Waals surface area contributed by atoms with Crippen LogP contribution in [0.3, 0.4) is 0 Å².